The summed E-state index contributed by atoms with van der Waals surface area (Å²) in [5.41, 5.74) is 0.904. The van der Waals surface area contributed by atoms with Gasteiger partial charge >= 0.3 is 0 Å². The molecule has 1 N–H and O–H groups in total. The molecule has 1 aromatic carbocycles. The van der Waals surface area contributed by atoms with Crippen LogP contribution < -0.4 is 5.32 Å². The van der Waals surface area contributed by atoms with Gasteiger partial charge in [-0.2, -0.15) is 0 Å². The van der Waals surface area contributed by atoms with E-state index in [-0.39, 0.29) is 17.8 Å². The van der Waals surface area contributed by atoms with E-state index in [2.05, 4.69) is 15.1 Å². The first-order valence-corrected chi connectivity index (χ1v) is 9.71. The highest BCUT2D eigenvalue weighted by Gasteiger charge is 2.36. The molecule has 1 aromatic rings. The molecule has 2 heterocycles. The molecule has 2 atom stereocenters. The van der Waals surface area contributed by atoms with Crippen LogP contribution >= 0.6 is 0 Å². The topological polar surface area (TPSA) is 35.6 Å². The van der Waals surface area contributed by atoms with Gasteiger partial charge in [0.25, 0.3) is 0 Å². The molecular weight excluding hydrogens is 317 g/mol. The highest BCUT2D eigenvalue weighted by molar-refractivity contribution is 5.83. The van der Waals surface area contributed by atoms with Crippen LogP contribution in [0.15, 0.2) is 24.3 Å². The number of amides is 1. The van der Waals surface area contributed by atoms with Crippen LogP contribution in [0.1, 0.15) is 43.7 Å². The molecule has 1 aliphatic carbocycles. The normalized spacial score (nSPS) is 26.0. The maximum absolute atomic E-state index is 13.3. The molecule has 3 aliphatic rings. The zero-order valence-corrected chi connectivity index (χ0v) is 14.8. The number of halogens is 1. The van der Waals surface area contributed by atoms with E-state index in [0.717, 1.165) is 44.5 Å². The average Bonchev–Trinajstić information content (AvgIpc) is 3.08. The standard InChI is InChI=1S/C20H28FN3O/c21-17-5-3-16(4-6-17)19(20(25)22-18-7-8-18)24-12-9-15(14-24)13-23-10-1-2-11-23/h3-6,15,18-19H,1-2,7-14H2,(H,22,25). The van der Waals surface area contributed by atoms with Gasteiger partial charge in [0, 0.05) is 19.1 Å². The van der Waals surface area contributed by atoms with E-state index in [0.29, 0.717) is 12.0 Å². The zero-order chi connectivity index (χ0) is 17.2. The van der Waals surface area contributed by atoms with Crippen molar-refractivity contribution in [1.29, 1.82) is 0 Å². The lowest BCUT2D eigenvalue weighted by Crippen LogP contribution is -2.41. The summed E-state index contributed by atoms with van der Waals surface area (Å²) >= 11 is 0. The van der Waals surface area contributed by atoms with Crippen molar-refractivity contribution in [3.8, 4) is 0 Å². The minimum atomic E-state index is -0.287. The number of carbonyl (C=O) groups excluding carboxylic acids is 1. The molecule has 136 valence electrons. The SMILES string of the molecule is O=C(NC1CC1)C(c1ccc(F)cc1)N1CCC(CN2CCCC2)C1. The first-order valence-electron chi connectivity index (χ1n) is 9.71. The van der Waals surface area contributed by atoms with E-state index >= 15 is 0 Å². The summed E-state index contributed by atoms with van der Waals surface area (Å²) in [4.78, 5) is 17.7. The maximum atomic E-state index is 13.3. The molecule has 5 heteroatoms. The molecule has 1 saturated carbocycles. The highest BCUT2D eigenvalue weighted by Crippen LogP contribution is 2.30. The molecule has 4 nitrogen and oxygen atoms in total. The van der Waals surface area contributed by atoms with Crippen LogP contribution in [0.4, 0.5) is 4.39 Å². The van der Waals surface area contributed by atoms with Crippen molar-refractivity contribution in [2.24, 2.45) is 5.92 Å². The number of carbonyl (C=O) groups is 1. The summed E-state index contributed by atoms with van der Waals surface area (Å²) < 4.78 is 13.3. The lowest BCUT2D eigenvalue weighted by atomic mass is 10.0. The van der Waals surface area contributed by atoms with Gasteiger partial charge in [0.15, 0.2) is 0 Å². The highest BCUT2D eigenvalue weighted by atomic mass is 19.1. The predicted molar refractivity (Wildman–Crippen MR) is 95.7 cm³/mol. The summed E-state index contributed by atoms with van der Waals surface area (Å²) in [6.45, 7) is 5.49. The van der Waals surface area contributed by atoms with E-state index < -0.39 is 0 Å². The van der Waals surface area contributed by atoms with Gasteiger partial charge in [-0.15, -0.1) is 0 Å². The Labute approximate surface area is 149 Å². The Morgan fingerprint density at radius 2 is 1.84 bits per heavy atom. The van der Waals surface area contributed by atoms with Crippen LogP contribution in [0, 0.1) is 11.7 Å². The monoisotopic (exact) mass is 345 g/mol. The molecule has 0 spiro atoms. The van der Waals surface area contributed by atoms with Crippen molar-refractivity contribution in [1.82, 2.24) is 15.1 Å². The fraction of sp³-hybridized carbons (Fsp3) is 0.650. The van der Waals surface area contributed by atoms with E-state index in [9.17, 15) is 9.18 Å². The van der Waals surface area contributed by atoms with Gasteiger partial charge in [-0.1, -0.05) is 12.1 Å². The largest absolute Gasteiger partial charge is 0.352 e. The Morgan fingerprint density at radius 3 is 2.52 bits per heavy atom. The second-order valence-corrected chi connectivity index (χ2v) is 7.89. The minimum absolute atomic E-state index is 0.0796. The number of hydrogen-bond donors (Lipinski definition) is 1. The molecule has 1 amide bonds. The van der Waals surface area contributed by atoms with Crippen LogP contribution in [-0.2, 0) is 4.79 Å². The number of nitrogens with one attached hydrogen (secondary N) is 1. The minimum Gasteiger partial charge on any atom is -0.352 e. The van der Waals surface area contributed by atoms with Crippen LogP contribution in [0.5, 0.6) is 0 Å². The third kappa shape index (κ3) is 4.21. The smallest absolute Gasteiger partial charge is 0.242 e. The Morgan fingerprint density at radius 1 is 1.12 bits per heavy atom. The summed E-state index contributed by atoms with van der Waals surface area (Å²) in [5, 5.41) is 3.15. The molecule has 0 aromatic heterocycles. The molecule has 2 unspecified atom stereocenters. The van der Waals surface area contributed by atoms with Gasteiger partial charge in [0.2, 0.25) is 5.91 Å². The lowest BCUT2D eigenvalue weighted by Gasteiger charge is -2.28. The van der Waals surface area contributed by atoms with E-state index in [4.69, 9.17) is 0 Å². The molecular formula is C20H28FN3O. The summed E-state index contributed by atoms with van der Waals surface area (Å²) in [5.74, 6) is 0.462. The Kier molecular flexibility index (Phi) is 5.04. The molecule has 2 aliphatic heterocycles. The van der Waals surface area contributed by atoms with Crippen LogP contribution in [0.3, 0.4) is 0 Å². The second-order valence-electron chi connectivity index (χ2n) is 7.89. The van der Waals surface area contributed by atoms with E-state index in [1.165, 1.54) is 38.1 Å². The number of likely N-dealkylation sites (tertiary alicyclic amines) is 2. The lowest BCUT2D eigenvalue weighted by molar-refractivity contribution is -0.126. The van der Waals surface area contributed by atoms with Crippen molar-refractivity contribution in [2.45, 2.75) is 44.2 Å². The summed E-state index contributed by atoms with van der Waals surface area (Å²) in [6.07, 6.45) is 5.95. The summed E-state index contributed by atoms with van der Waals surface area (Å²) in [7, 11) is 0. The first-order chi connectivity index (χ1) is 12.2. The van der Waals surface area contributed by atoms with Gasteiger partial charge in [-0.25, -0.2) is 4.39 Å². The predicted octanol–water partition coefficient (Wildman–Crippen LogP) is 2.56. The Hall–Kier alpha value is -1.46. The number of benzene rings is 1. The number of rotatable bonds is 6. The fourth-order valence-corrected chi connectivity index (χ4v) is 4.26. The molecule has 0 bridgehead atoms. The Bertz CT molecular complexity index is 595. The maximum Gasteiger partial charge on any atom is 0.242 e. The van der Waals surface area contributed by atoms with Gasteiger partial charge in [-0.05, 0) is 75.4 Å². The first kappa shape index (κ1) is 17.0. The van der Waals surface area contributed by atoms with Gasteiger partial charge in [-0.3, -0.25) is 9.69 Å². The van der Waals surface area contributed by atoms with Crippen molar-refractivity contribution in [3.63, 3.8) is 0 Å². The second kappa shape index (κ2) is 7.42. The van der Waals surface area contributed by atoms with Crippen LogP contribution in [0.2, 0.25) is 0 Å². The molecule has 0 radical (unpaired) electrons. The third-order valence-electron chi connectivity index (χ3n) is 5.76. The van der Waals surface area contributed by atoms with Gasteiger partial charge in [0.1, 0.15) is 11.9 Å². The fourth-order valence-electron chi connectivity index (χ4n) is 4.26. The number of nitrogens with zero attached hydrogens (tertiary/aromatic N) is 2. The quantitative estimate of drug-likeness (QED) is 0.861. The number of hydrogen-bond acceptors (Lipinski definition) is 3. The van der Waals surface area contributed by atoms with Crippen molar-refractivity contribution >= 4 is 5.91 Å². The third-order valence-corrected chi connectivity index (χ3v) is 5.76. The van der Waals surface area contributed by atoms with E-state index in [1.807, 2.05) is 0 Å². The van der Waals surface area contributed by atoms with Crippen molar-refractivity contribution in [3.05, 3.63) is 35.6 Å². The zero-order valence-electron chi connectivity index (χ0n) is 14.8. The van der Waals surface area contributed by atoms with Crippen molar-refractivity contribution in [2.75, 3.05) is 32.7 Å². The molecule has 25 heavy (non-hydrogen) atoms. The molecule has 4 rings (SSSR count). The van der Waals surface area contributed by atoms with Gasteiger partial charge < -0.3 is 10.2 Å². The molecule has 2 saturated heterocycles. The Balaban J connectivity index is 1.45. The summed E-state index contributed by atoms with van der Waals surface area (Å²) in [6, 6.07) is 6.51. The van der Waals surface area contributed by atoms with Gasteiger partial charge in [0.05, 0.1) is 0 Å². The molecule has 3 fully saturated rings. The average molecular weight is 345 g/mol. The van der Waals surface area contributed by atoms with Crippen LogP contribution in [0.25, 0.3) is 0 Å². The van der Waals surface area contributed by atoms with E-state index in [1.54, 1.807) is 12.1 Å². The van der Waals surface area contributed by atoms with Crippen molar-refractivity contribution < 1.29 is 9.18 Å². The van der Waals surface area contributed by atoms with Crippen LogP contribution in [-0.4, -0.2) is 54.5 Å².